The van der Waals surface area contributed by atoms with E-state index in [1.165, 1.54) is 4.90 Å². The highest BCUT2D eigenvalue weighted by atomic mass is 35.5. The van der Waals surface area contributed by atoms with Crippen LogP contribution in [0.5, 0.6) is 0 Å². The molecule has 0 aromatic heterocycles. The molecule has 0 radical (unpaired) electrons. The molecule has 2 aliphatic rings. The molecule has 0 spiro atoms. The molecular formula is C19H26ClN3O3. The number of carbonyl (C=O) groups excluding carboxylic acids is 3. The molecule has 0 saturated carbocycles. The predicted molar refractivity (Wildman–Crippen MR) is 101 cm³/mol. The molecule has 2 heterocycles. The van der Waals surface area contributed by atoms with E-state index in [4.69, 9.17) is 5.73 Å². The second-order valence-corrected chi connectivity index (χ2v) is 7.68. The van der Waals surface area contributed by atoms with E-state index in [9.17, 15) is 14.4 Å². The first-order valence-corrected chi connectivity index (χ1v) is 8.75. The molecule has 2 fully saturated rings. The lowest BCUT2D eigenvalue weighted by Gasteiger charge is -2.42. The number of nitrogens with two attached hydrogens (primary N) is 1. The van der Waals surface area contributed by atoms with Gasteiger partial charge in [0.05, 0.1) is 6.54 Å². The summed E-state index contributed by atoms with van der Waals surface area (Å²) >= 11 is 0. The van der Waals surface area contributed by atoms with Crippen molar-refractivity contribution in [2.75, 3.05) is 13.1 Å². The summed E-state index contributed by atoms with van der Waals surface area (Å²) in [6.07, 6.45) is 1.39. The molecule has 1 aromatic rings. The lowest BCUT2D eigenvalue weighted by atomic mass is 9.79. The number of hydrogen-bond donors (Lipinski definition) is 1. The van der Waals surface area contributed by atoms with E-state index in [0.29, 0.717) is 31.5 Å². The summed E-state index contributed by atoms with van der Waals surface area (Å²) < 4.78 is 0. The molecule has 1 unspecified atom stereocenters. The lowest BCUT2D eigenvalue weighted by molar-refractivity contribution is -0.139. The lowest BCUT2D eigenvalue weighted by Crippen LogP contribution is -2.54. The molecule has 3 rings (SSSR count). The zero-order valence-corrected chi connectivity index (χ0v) is 16.1. The van der Waals surface area contributed by atoms with E-state index in [1.54, 1.807) is 12.1 Å². The van der Waals surface area contributed by atoms with Crippen LogP contribution in [0.1, 0.15) is 49.0 Å². The quantitative estimate of drug-likeness (QED) is 0.813. The summed E-state index contributed by atoms with van der Waals surface area (Å²) in [5, 5.41) is 0. The van der Waals surface area contributed by atoms with Crippen LogP contribution in [0.3, 0.4) is 0 Å². The second-order valence-electron chi connectivity index (χ2n) is 7.68. The summed E-state index contributed by atoms with van der Waals surface area (Å²) in [5.41, 5.74) is 7.51. The Bertz CT molecular complexity index is 686. The van der Waals surface area contributed by atoms with Gasteiger partial charge in [-0.1, -0.05) is 26.0 Å². The van der Waals surface area contributed by atoms with Crippen molar-refractivity contribution < 1.29 is 14.4 Å². The van der Waals surface area contributed by atoms with Crippen molar-refractivity contribution in [1.29, 1.82) is 0 Å². The first kappa shape index (κ1) is 20.4. The number of imide groups is 1. The Labute approximate surface area is 160 Å². The number of piperidine rings is 1. The predicted octanol–water partition coefficient (Wildman–Crippen LogP) is 1.96. The van der Waals surface area contributed by atoms with Gasteiger partial charge in [0.2, 0.25) is 11.8 Å². The van der Waals surface area contributed by atoms with Gasteiger partial charge in [-0.15, -0.1) is 12.4 Å². The van der Waals surface area contributed by atoms with Crippen LogP contribution in [-0.2, 0) is 16.1 Å². The van der Waals surface area contributed by atoms with Gasteiger partial charge >= 0.3 is 0 Å². The van der Waals surface area contributed by atoms with E-state index >= 15 is 0 Å². The van der Waals surface area contributed by atoms with Crippen molar-refractivity contribution in [3.8, 4) is 0 Å². The highest BCUT2D eigenvalue weighted by molar-refractivity contribution is 6.01. The maximum absolute atomic E-state index is 12.7. The maximum Gasteiger partial charge on any atom is 0.253 e. The van der Waals surface area contributed by atoms with Crippen molar-refractivity contribution in [2.24, 2.45) is 11.1 Å². The van der Waals surface area contributed by atoms with Gasteiger partial charge in [0, 0.05) is 37.5 Å². The number of nitrogens with zero attached hydrogens (tertiary/aromatic N) is 2. The minimum atomic E-state index is -0.128. The van der Waals surface area contributed by atoms with Gasteiger partial charge in [-0.05, 0) is 29.5 Å². The third-order valence-corrected chi connectivity index (χ3v) is 5.30. The summed E-state index contributed by atoms with van der Waals surface area (Å²) in [6.45, 7) is 5.76. The van der Waals surface area contributed by atoms with Gasteiger partial charge in [0.25, 0.3) is 5.91 Å². The molecule has 1 aromatic carbocycles. The van der Waals surface area contributed by atoms with Gasteiger partial charge in [-0.3, -0.25) is 19.3 Å². The van der Waals surface area contributed by atoms with Gasteiger partial charge in [0.1, 0.15) is 0 Å². The monoisotopic (exact) mass is 379 g/mol. The summed E-state index contributed by atoms with van der Waals surface area (Å²) in [7, 11) is 0. The highest BCUT2D eigenvalue weighted by Crippen LogP contribution is 2.28. The van der Waals surface area contributed by atoms with Crippen LogP contribution >= 0.6 is 12.4 Å². The largest absolute Gasteiger partial charge is 0.338 e. The SMILES string of the molecule is CC1(C)CN(C(=O)c2ccc(CN3C(=O)CCC3=O)cc2)CCC1N.Cl. The first-order valence-electron chi connectivity index (χ1n) is 8.75. The van der Waals surface area contributed by atoms with Crippen molar-refractivity contribution in [3.63, 3.8) is 0 Å². The van der Waals surface area contributed by atoms with Gasteiger partial charge < -0.3 is 10.6 Å². The Morgan fingerprint density at radius 3 is 2.27 bits per heavy atom. The smallest absolute Gasteiger partial charge is 0.253 e. The normalized spacial score (nSPS) is 22.3. The molecule has 0 bridgehead atoms. The van der Waals surface area contributed by atoms with Crippen LogP contribution in [0.25, 0.3) is 0 Å². The minimum Gasteiger partial charge on any atom is -0.338 e. The number of hydrogen-bond acceptors (Lipinski definition) is 4. The molecule has 2 saturated heterocycles. The van der Waals surface area contributed by atoms with Crippen LogP contribution in [0.2, 0.25) is 0 Å². The maximum atomic E-state index is 12.7. The topological polar surface area (TPSA) is 83.7 Å². The van der Waals surface area contributed by atoms with E-state index in [2.05, 4.69) is 13.8 Å². The Hall–Kier alpha value is -1.92. The number of likely N-dealkylation sites (tertiary alicyclic amines) is 2. The van der Waals surface area contributed by atoms with Crippen molar-refractivity contribution >= 4 is 30.1 Å². The van der Waals surface area contributed by atoms with Crippen LogP contribution in [0.15, 0.2) is 24.3 Å². The number of carbonyl (C=O) groups is 3. The van der Waals surface area contributed by atoms with Gasteiger partial charge in [0.15, 0.2) is 0 Å². The zero-order valence-electron chi connectivity index (χ0n) is 15.2. The van der Waals surface area contributed by atoms with E-state index in [0.717, 1.165) is 12.0 Å². The number of rotatable bonds is 3. The molecule has 1 atom stereocenters. The molecule has 0 aliphatic carbocycles. The Morgan fingerprint density at radius 1 is 1.15 bits per heavy atom. The Kier molecular flexibility index (Phi) is 6.09. The van der Waals surface area contributed by atoms with Crippen LogP contribution < -0.4 is 5.73 Å². The molecule has 6 nitrogen and oxygen atoms in total. The standard InChI is InChI=1S/C19H25N3O3.ClH/c1-19(2)12-21(10-9-15(19)20)18(25)14-5-3-13(4-6-14)11-22-16(23)7-8-17(22)24;/h3-6,15H,7-12,20H2,1-2H3;1H. The molecule has 142 valence electrons. The fourth-order valence-electron chi connectivity index (χ4n) is 3.46. The van der Waals surface area contributed by atoms with Gasteiger partial charge in [-0.2, -0.15) is 0 Å². The molecule has 2 N–H and O–H groups in total. The third-order valence-electron chi connectivity index (χ3n) is 5.30. The molecular weight excluding hydrogens is 354 g/mol. The van der Waals surface area contributed by atoms with Crippen molar-refractivity contribution in [3.05, 3.63) is 35.4 Å². The Balaban J connectivity index is 0.00000243. The molecule has 3 amide bonds. The van der Waals surface area contributed by atoms with Crippen LogP contribution in [-0.4, -0.2) is 46.7 Å². The van der Waals surface area contributed by atoms with Crippen LogP contribution in [0, 0.1) is 5.41 Å². The average molecular weight is 380 g/mol. The van der Waals surface area contributed by atoms with E-state index in [1.807, 2.05) is 17.0 Å². The summed E-state index contributed by atoms with van der Waals surface area (Å²) in [5.74, 6) is -0.256. The van der Waals surface area contributed by atoms with E-state index < -0.39 is 0 Å². The fourth-order valence-corrected chi connectivity index (χ4v) is 3.46. The van der Waals surface area contributed by atoms with Crippen molar-refractivity contribution in [1.82, 2.24) is 9.80 Å². The highest BCUT2D eigenvalue weighted by Gasteiger charge is 2.35. The first-order chi connectivity index (χ1) is 11.8. The fraction of sp³-hybridized carbons (Fsp3) is 0.526. The zero-order chi connectivity index (χ0) is 18.2. The summed E-state index contributed by atoms with van der Waals surface area (Å²) in [4.78, 5) is 39.2. The average Bonchev–Trinajstić information content (AvgIpc) is 2.89. The van der Waals surface area contributed by atoms with Gasteiger partial charge in [-0.25, -0.2) is 0 Å². The number of amides is 3. The second kappa shape index (κ2) is 7.76. The third kappa shape index (κ3) is 4.07. The Morgan fingerprint density at radius 2 is 1.73 bits per heavy atom. The number of halogens is 1. The minimum absolute atomic E-state index is 0. The van der Waals surface area contributed by atoms with Crippen molar-refractivity contribution in [2.45, 2.75) is 45.7 Å². The summed E-state index contributed by atoms with van der Waals surface area (Å²) in [6, 6.07) is 7.27. The molecule has 2 aliphatic heterocycles. The van der Waals surface area contributed by atoms with E-state index in [-0.39, 0.29) is 48.1 Å². The molecule has 26 heavy (non-hydrogen) atoms. The van der Waals surface area contributed by atoms with Crippen LogP contribution in [0.4, 0.5) is 0 Å². The molecule has 7 heteroatoms. The number of benzene rings is 1.